The first-order valence-electron chi connectivity index (χ1n) is 8.49. The molecular weight excluding hydrogens is 392 g/mol. The number of rotatable bonds is 5. The standard InChI is InChI=1S/C20H20N4O4S/c1-13(25)21-16-10-7-15(8-11-16)19(27)23-24-20(29)22-18(26)12-9-14-5-3-4-6-17(14)28-2/h3-12H,1-2H3,(H,21,25)(H,23,27)(H2,22,24,26,29). The van der Waals surface area contributed by atoms with Gasteiger partial charge in [0.1, 0.15) is 5.75 Å². The van der Waals surface area contributed by atoms with Crippen LogP contribution in [0.3, 0.4) is 0 Å². The predicted molar refractivity (Wildman–Crippen MR) is 114 cm³/mol. The Morgan fingerprint density at radius 3 is 2.34 bits per heavy atom. The van der Waals surface area contributed by atoms with Gasteiger partial charge in [0.25, 0.3) is 5.91 Å². The number of amides is 3. The number of hydrazine groups is 1. The van der Waals surface area contributed by atoms with Crippen molar-refractivity contribution in [2.24, 2.45) is 0 Å². The summed E-state index contributed by atoms with van der Waals surface area (Å²) >= 11 is 4.98. The molecule has 0 unspecified atom stereocenters. The lowest BCUT2D eigenvalue weighted by atomic mass is 10.2. The molecule has 0 fully saturated rings. The van der Waals surface area contributed by atoms with Crippen molar-refractivity contribution in [3.8, 4) is 5.75 Å². The monoisotopic (exact) mass is 412 g/mol. The van der Waals surface area contributed by atoms with Crippen LogP contribution in [-0.4, -0.2) is 29.9 Å². The van der Waals surface area contributed by atoms with E-state index in [0.29, 0.717) is 17.0 Å². The Balaban J connectivity index is 1.82. The molecule has 0 radical (unpaired) electrons. The third-order valence-corrected chi connectivity index (χ3v) is 3.75. The van der Waals surface area contributed by atoms with Gasteiger partial charge in [0.15, 0.2) is 5.11 Å². The Labute approximate surface area is 173 Å². The molecule has 2 rings (SSSR count). The van der Waals surface area contributed by atoms with E-state index in [2.05, 4.69) is 21.5 Å². The Hall–Kier alpha value is -3.72. The number of anilines is 1. The van der Waals surface area contributed by atoms with E-state index in [1.165, 1.54) is 13.0 Å². The Morgan fingerprint density at radius 1 is 1.00 bits per heavy atom. The smallest absolute Gasteiger partial charge is 0.269 e. The second-order valence-electron chi connectivity index (χ2n) is 5.73. The highest BCUT2D eigenvalue weighted by molar-refractivity contribution is 7.80. The average molecular weight is 412 g/mol. The molecule has 0 heterocycles. The van der Waals surface area contributed by atoms with Crippen molar-refractivity contribution in [1.29, 1.82) is 0 Å². The van der Waals surface area contributed by atoms with Crippen LogP contribution in [0.15, 0.2) is 54.6 Å². The van der Waals surface area contributed by atoms with Crippen molar-refractivity contribution < 1.29 is 19.1 Å². The van der Waals surface area contributed by atoms with Crippen molar-refractivity contribution >= 4 is 46.8 Å². The lowest BCUT2D eigenvalue weighted by Crippen LogP contribution is -2.48. The third-order valence-electron chi connectivity index (χ3n) is 3.55. The average Bonchev–Trinajstić information content (AvgIpc) is 2.70. The number of thiocarbonyl (C=S) groups is 1. The molecule has 0 aromatic heterocycles. The molecule has 0 aliphatic heterocycles. The summed E-state index contributed by atoms with van der Waals surface area (Å²) in [6, 6.07) is 13.5. The van der Waals surface area contributed by atoms with Crippen LogP contribution in [-0.2, 0) is 9.59 Å². The molecule has 0 atom stereocenters. The summed E-state index contributed by atoms with van der Waals surface area (Å²) in [7, 11) is 1.54. The van der Waals surface area contributed by atoms with Gasteiger partial charge in [-0.15, -0.1) is 0 Å². The highest BCUT2D eigenvalue weighted by atomic mass is 32.1. The molecule has 4 N–H and O–H groups in total. The van der Waals surface area contributed by atoms with Gasteiger partial charge < -0.3 is 10.1 Å². The minimum absolute atomic E-state index is 0.0668. The molecule has 29 heavy (non-hydrogen) atoms. The van der Waals surface area contributed by atoms with E-state index in [1.54, 1.807) is 49.6 Å². The number of benzene rings is 2. The fraction of sp³-hybridized carbons (Fsp3) is 0.100. The molecule has 0 bridgehead atoms. The van der Waals surface area contributed by atoms with Crippen molar-refractivity contribution in [1.82, 2.24) is 16.2 Å². The molecule has 2 aromatic carbocycles. The van der Waals surface area contributed by atoms with E-state index < -0.39 is 11.8 Å². The van der Waals surface area contributed by atoms with E-state index in [9.17, 15) is 14.4 Å². The highest BCUT2D eigenvalue weighted by Crippen LogP contribution is 2.18. The first kappa shape index (κ1) is 21.6. The van der Waals surface area contributed by atoms with E-state index in [0.717, 1.165) is 5.56 Å². The molecular formula is C20H20N4O4S. The number of methoxy groups -OCH3 is 1. The summed E-state index contributed by atoms with van der Waals surface area (Å²) in [6.07, 6.45) is 2.89. The lowest BCUT2D eigenvalue weighted by molar-refractivity contribution is -0.115. The Bertz CT molecular complexity index is 942. The van der Waals surface area contributed by atoms with Crippen LogP contribution in [0.4, 0.5) is 5.69 Å². The normalized spacial score (nSPS) is 10.1. The van der Waals surface area contributed by atoms with E-state index in [-0.39, 0.29) is 11.0 Å². The Morgan fingerprint density at radius 2 is 1.69 bits per heavy atom. The highest BCUT2D eigenvalue weighted by Gasteiger charge is 2.07. The minimum Gasteiger partial charge on any atom is -0.496 e. The number of ether oxygens (including phenoxy) is 1. The molecule has 150 valence electrons. The number of nitrogens with one attached hydrogen (secondary N) is 4. The van der Waals surface area contributed by atoms with Gasteiger partial charge in [-0.25, -0.2) is 0 Å². The van der Waals surface area contributed by atoms with Crippen LogP contribution in [0.2, 0.25) is 0 Å². The van der Waals surface area contributed by atoms with Crippen LogP contribution in [0, 0.1) is 0 Å². The van der Waals surface area contributed by atoms with E-state index in [1.807, 2.05) is 12.1 Å². The van der Waals surface area contributed by atoms with Crippen LogP contribution >= 0.6 is 12.2 Å². The minimum atomic E-state index is -0.470. The molecule has 0 saturated heterocycles. The van der Waals surface area contributed by atoms with Gasteiger partial charge in [0, 0.05) is 29.8 Å². The van der Waals surface area contributed by atoms with Crippen molar-refractivity contribution in [2.45, 2.75) is 6.92 Å². The molecule has 2 aromatic rings. The molecule has 3 amide bonds. The number of hydrogen-bond acceptors (Lipinski definition) is 5. The zero-order valence-electron chi connectivity index (χ0n) is 15.8. The summed E-state index contributed by atoms with van der Waals surface area (Å²) < 4.78 is 5.20. The number of carbonyl (C=O) groups is 3. The molecule has 0 aliphatic rings. The zero-order valence-corrected chi connectivity index (χ0v) is 16.6. The molecule has 8 nitrogen and oxygen atoms in total. The van der Waals surface area contributed by atoms with Gasteiger partial charge in [0.2, 0.25) is 11.8 Å². The predicted octanol–water partition coefficient (Wildman–Crippen LogP) is 2.00. The van der Waals surface area contributed by atoms with Gasteiger partial charge in [0.05, 0.1) is 7.11 Å². The largest absolute Gasteiger partial charge is 0.496 e. The fourth-order valence-corrected chi connectivity index (χ4v) is 2.40. The maximum atomic E-state index is 12.1. The van der Waals surface area contributed by atoms with Crippen molar-refractivity contribution in [3.63, 3.8) is 0 Å². The molecule has 9 heteroatoms. The second-order valence-corrected chi connectivity index (χ2v) is 6.14. The summed E-state index contributed by atoms with van der Waals surface area (Å²) in [5.74, 6) is -0.499. The van der Waals surface area contributed by atoms with Gasteiger partial charge in [-0.3, -0.25) is 30.6 Å². The van der Waals surface area contributed by atoms with Crippen molar-refractivity contribution in [3.05, 3.63) is 65.7 Å². The fourth-order valence-electron chi connectivity index (χ4n) is 2.25. The summed E-state index contributed by atoms with van der Waals surface area (Å²) in [5, 5.41) is 4.95. The molecule has 0 saturated carbocycles. The number of carbonyl (C=O) groups excluding carboxylic acids is 3. The van der Waals surface area contributed by atoms with Crippen LogP contribution in [0.5, 0.6) is 5.75 Å². The molecule has 0 spiro atoms. The topological polar surface area (TPSA) is 109 Å². The second kappa shape index (κ2) is 10.6. The maximum absolute atomic E-state index is 12.1. The van der Waals surface area contributed by atoms with E-state index >= 15 is 0 Å². The quantitative estimate of drug-likeness (QED) is 0.340. The summed E-state index contributed by atoms with van der Waals surface area (Å²) in [6.45, 7) is 1.39. The van der Waals surface area contributed by atoms with Gasteiger partial charge >= 0.3 is 0 Å². The van der Waals surface area contributed by atoms with Gasteiger partial charge in [-0.1, -0.05) is 18.2 Å². The lowest BCUT2D eigenvalue weighted by Gasteiger charge is -2.10. The number of hydrogen-bond donors (Lipinski definition) is 4. The maximum Gasteiger partial charge on any atom is 0.269 e. The van der Waals surface area contributed by atoms with Crippen molar-refractivity contribution in [2.75, 3.05) is 12.4 Å². The van der Waals surface area contributed by atoms with Crippen LogP contribution in [0.25, 0.3) is 6.08 Å². The summed E-state index contributed by atoms with van der Waals surface area (Å²) in [5.41, 5.74) is 6.49. The van der Waals surface area contributed by atoms with Gasteiger partial charge in [-0.2, -0.15) is 0 Å². The first-order valence-corrected chi connectivity index (χ1v) is 8.90. The van der Waals surface area contributed by atoms with Crippen LogP contribution < -0.4 is 26.2 Å². The third kappa shape index (κ3) is 7.07. The SMILES string of the molecule is COc1ccccc1C=CC(=O)NC(=S)NNC(=O)c1ccc(NC(C)=O)cc1. The summed E-state index contributed by atoms with van der Waals surface area (Å²) in [4.78, 5) is 35.0. The zero-order chi connectivity index (χ0) is 21.2. The van der Waals surface area contributed by atoms with Gasteiger partial charge in [-0.05, 0) is 48.6 Å². The van der Waals surface area contributed by atoms with E-state index in [4.69, 9.17) is 17.0 Å². The Kier molecular flexibility index (Phi) is 7.87. The molecule has 0 aliphatic carbocycles. The first-order chi connectivity index (χ1) is 13.9. The van der Waals surface area contributed by atoms with Crippen LogP contribution in [0.1, 0.15) is 22.8 Å². The number of para-hydroxylation sites is 1.